The predicted molar refractivity (Wildman–Crippen MR) is 57.7 cm³/mol. The molecule has 1 amide bonds. The lowest BCUT2D eigenvalue weighted by Gasteiger charge is -2.26. The van der Waals surface area contributed by atoms with E-state index in [1.807, 2.05) is 31.2 Å². The molecule has 1 aromatic rings. The maximum Gasteiger partial charge on any atom is 0.255 e. The van der Waals surface area contributed by atoms with Crippen LogP contribution in [0.2, 0.25) is 0 Å². The molecule has 1 aliphatic heterocycles. The van der Waals surface area contributed by atoms with Crippen molar-refractivity contribution < 1.29 is 9.53 Å². The monoisotopic (exact) mass is 205 g/mol. The summed E-state index contributed by atoms with van der Waals surface area (Å²) in [5.41, 5.74) is 1.86. The molecule has 0 aliphatic carbocycles. The third-order valence-corrected chi connectivity index (χ3v) is 2.52. The SMILES string of the molecule is Cc1cccc(C(=O)N2CCCOC2)c1. The summed E-state index contributed by atoms with van der Waals surface area (Å²) in [4.78, 5) is 13.7. The Morgan fingerprint density at radius 2 is 2.33 bits per heavy atom. The van der Waals surface area contributed by atoms with Crippen molar-refractivity contribution in [3.05, 3.63) is 35.4 Å². The third kappa shape index (κ3) is 2.36. The van der Waals surface area contributed by atoms with Gasteiger partial charge < -0.3 is 9.64 Å². The quantitative estimate of drug-likeness (QED) is 0.699. The van der Waals surface area contributed by atoms with Gasteiger partial charge >= 0.3 is 0 Å². The first-order valence-corrected chi connectivity index (χ1v) is 5.21. The molecule has 1 aromatic carbocycles. The standard InChI is InChI=1S/C12H15NO2/c1-10-4-2-5-11(8-10)12(14)13-6-3-7-15-9-13/h2,4-5,8H,3,6-7,9H2,1H3. The molecular weight excluding hydrogens is 190 g/mol. The van der Waals surface area contributed by atoms with Crippen LogP contribution in [0, 0.1) is 6.92 Å². The van der Waals surface area contributed by atoms with Crippen LogP contribution in [0.3, 0.4) is 0 Å². The van der Waals surface area contributed by atoms with Gasteiger partial charge in [0.05, 0.1) is 6.61 Å². The molecule has 0 saturated carbocycles. The van der Waals surface area contributed by atoms with Crippen LogP contribution in [-0.4, -0.2) is 30.7 Å². The van der Waals surface area contributed by atoms with E-state index in [4.69, 9.17) is 4.74 Å². The topological polar surface area (TPSA) is 29.5 Å². The van der Waals surface area contributed by atoms with E-state index in [2.05, 4.69) is 0 Å². The van der Waals surface area contributed by atoms with E-state index in [1.54, 1.807) is 4.90 Å². The van der Waals surface area contributed by atoms with Crippen molar-refractivity contribution in [1.82, 2.24) is 4.90 Å². The summed E-state index contributed by atoms with van der Waals surface area (Å²) in [6.45, 7) is 3.97. The number of benzene rings is 1. The average molecular weight is 205 g/mol. The van der Waals surface area contributed by atoms with E-state index in [-0.39, 0.29) is 5.91 Å². The molecule has 3 heteroatoms. The Bertz CT molecular complexity index is 356. The fourth-order valence-electron chi connectivity index (χ4n) is 1.72. The van der Waals surface area contributed by atoms with Gasteiger partial charge in [-0.2, -0.15) is 0 Å². The lowest BCUT2D eigenvalue weighted by atomic mass is 10.1. The first-order valence-electron chi connectivity index (χ1n) is 5.21. The lowest BCUT2D eigenvalue weighted by molar-refractivity contribution is -0.00571. The minimum Gasteiger partial charge on any atom is -0.361 e. The van der Waals surface area contributed by atoms with Crippen molar-refractivity contribution in [3.8, 4) is 0 Å². The van der Waals surface area contributed by atoms with E-state index in [0.29, 0.717) is 6.73 Å². The lowest BCUT2D eigenvalue weighted by Crippen LogP contribution is -2.38. The van der Waals surface area contributed by atoms with Crippen molar-refractivity contribution in [2.45, 2.75) is 13.3 Å². The van der Waals surface area contributed by atoms with Gasteiger partial charge in [0.1, 0.15) is 6.73 Å². The number of ether oxygens (including phenoxy) is 1. The minimum absolute atomic E-state index is 0.0680. The molecule has 0 unspecified atom stereocenters. The third-order valence-electron chi connectivity index (χ3n) is 2.52. The molecule has 3 nitrogen and oxygen atoms in total. The summed E-state index contributed by atoms with van der Waals surface area (Å²) in [6, 6.07) is 7.66. The summed E-state index contributed by atoms with van der Waals surface area (Å²) >= 11 is 0. The van der Waals surface area contributed by atoms with Crippen molar-refractivity contribution in [3.63, 3.8) is 0 Å². The number of carbonyl (C=O) groups is 1. The highest BCUT2D eigenvalue weighted by Gasteiger charge is 2.18. The molecule has 1 saturated heterocycles. The van der Waals surface area contributed by atoms with Crippen LogP contribution in [0.25, 0.3) is 0 Å². The molecule has 2 rings (SSSR count). The summed E-state index contributed by atoms with van der Waals surface area (Å²) < 4.78 is 5.26. The number of hydrogen-bond acceptors (Lipinski definition) is 2. The molecule has 1 heterocycles. The van der Waals surface area contributed by atoms with Gasteiger partial charge in [0.2, 0.25) is 0 Å². The first kappa shape index (κ1) is 10.2. The smallest absolute Gasteiger partial charge is 0.255 e. The molecule has 1 fully saturated rings. The molecular formula is C12H15NO2. The van der Waals surface area contributed by atoms with Crippen molar-refractivity contribution in [1.29, 1.82) is 0 Å². The number of aryl methyl sites for hydroxylation is 1. The molecule has 80 valence electrons. The maximum absolute atomic E-state index is 12.0. The van der Waals surface area contributed by atoms with Crippen molar-refractivity contribution in [2.75, 3.05) is 19.9 Å². The summed E-state index contributed by atoms with van der Waals surface area (Å²) in [7, 11) is 0. The summed E-state index contributed by atoms with van der Waals surface area (Å²) in [5, 5.41) is 0. The first-order chi connectivity index (χ1) is 7.27. The fourth-order valence-corrected chi connectivity index (χ4v) is 1.72. The van der Waals surface area contributed by atoms with Gasteiger partial charge in [0.15, 0.2) is 0 Å². The number of rotatable bonds is 1. The predicted octanol–water partition coefficient (Wildman–Crippen LogP) is 1.82. The van der Waals surface area contributed by atoms with Gasteiger partial charge in [-0.25, -0.2) is 0 Å². The van der Waals surface area contributed by atoms with Crippen LogP contribution in [0.4, 0.5) is 0 Å². The zero-order valence-electron chi connectivity index (χ0n) is 8.90. The Morgan fingerprint density at radius 1 is 1.47 bits per heavy atom. The second-order valence-electron chi connectivity index (χ2n) is 3.83. The van der Waals surface area contributed by atoms with Gasteiger partial charge in [0, 0.05) is 12.1 Å². The molecule has 0 atom stereocenters. The Kier molecular flexibility index (Phi) is 3.02. The van der Waals surface area contributed by atoms with Crippen LogP contribution in [0.15, 0.2) is 24.3 Å². The Labute approximate surface area is 89.7 Å². The van der Waals surface area contributed by atoms with E-state index in [9.17, 15) is 4.79 Å². The van der Waals surface area contributed by atoms with Gasteiger partial charge in [-0.15, -0.1) is 0 Å². The maximum atomic E-state index is 12.0. The second kappa shape index (κ2) is 4.45. The van der Waals surface area contributed by atoms with Gasteiger partial charge in [-0.05, 0) is 25.5 Å². The van der Waals surface area contributed by atoms with E-state index < -0.39 is 0 Å². The van der Waals surface area contributed by atoms with E-state index in [1.165, 1.54) is 0 Å². The molecule has 0 spiro atoms. The van der Waals surface area contributed by atoms with Crippen LogP contribution in [0.5, 0.6) is 0 Å². The summed E-state index contributed by atoms with van der Waals surface area (Å²) in [5.74, 6) is 0.0680. The Morgan fingerprint density at radius 3 is 3.00 bits per heavy atom. The van der Waals surface area contributed by atoms with Crippen molar-refractivity contribution >= 4 is 5.91 Å². The average Bonchev–Trinajstić information content (AvgIpc) is 2.29. The molecule has 15 heavy (non-hydrogen) atoms. The van der Waals surface area contributed by atoms with Gasteiger partial charge in [0.25, 0.3) is 5.91 Å². The van der Waals surface area contributed by atoms with Crippen LogP contribution in [-0.2, 0) is 4.74 Å². The van der Waals surface area contributed by atoms with Crippen molar-refractivity contribution in [2.24, 2.45) is 0 Å². The molecule has 0 radical (unpaired) electrons. The van der Waals surface area contributed by atoms with Gasteiger partial charge in [-0.3, -0.25) is 4.79 Å². The molecule has 0 N–H and O–H groups in total. The second-order valence-corrected chi connectivity index (χ2v) is 3.83. The molecule has 0 aromatic heterocycles. The van der Waals surface area contributed by atoms with E-state index >= 15 is 0 Å². The van der Waals surface area contributed by atoms with Crippen LogP contribution < -0.4 is 0 Å². The zero-order chi connectivity index (χ0) is 10.7. The number of nitrogens with zero attached hydrogens (tertiary/aromatic N) is 1. The fraction of sp³-hybridized carbons (Fsp3) is 0.417. The number of carbonyl (C=O) groups excluding carboxylic acids is 1. The Hall–Kier alpha value is -1.35. The zero-order valence-corrected chi connectivity index (χ0v) is 8.90. The largest absolute Gasteiger partial charge is 0.361 e. The molecule has 0 bridgehead atoms. The van der Waals surface area contributed by atoms with Crippen LogP contribution in [0.1, 0.15) is 22.3 Å². The highest BCUT2D eigenvalue weighted by molar-refractivity contribution is 5.94. The van der Waals surface area contributed by atoms with Gasteiger partial charge in [-0.1, -0.05) is 17.7 Å². The highest BCUT2D eigenvalue weighted by Crippen LogP contribution is 2.10. The summed E-state index contributed by atoms with van der Waals surface area (Å²) in [6.07, 6.45) is 0.928. The molecule has 1 aliphatic rings. The van der Waals surface area contributed by atoms with Crippen LogP contribution >= 0.6 is 0 Å². The number of amides is 1. The Balaban J connectivity index is 2.12. The normalized spacial score (nSPS) is 16.5. The highest BCUT2D eigenvalue weighted by atomic mass is 16.5. The number of hydrogen-bond donors (Lipinski definition) is 0. The van der Waals surface area contributed by atoms with E-state index in [0.717, 1.165) is 30.7 Å². The minimum atomic E-state index is 0.0680.